The number of unbranched alkanes of at least 4 members (excludes halogenated alkanes) is 1. The molecule has 0 unspecified atom stereocenters. The monoisotopic (exact) mass is 409 g/mol. The SMILES string of the molecule is COCC(=O)N(CCNCCCCOc1ccc(C#N)cc1)Cc1ccc(C)cc1. The van der Waals surface area contributed by atoms with Crippen molar-refractivity contribution in [3.8, 4) is 11.8 Å². The fourth-order valence-electron chi connectivity index (χ4n) is 2.93. The van der Waals surface area contributed by atoms with Crippen molar-refractivity contribution in [2.75, 3.05) is 40.0 Å². The number of ether oxygens (including phenoxy) is 2. The molecule has 160 valence electrons. The fourth-order valence-corrected chi connectivity index (χ4v) is 2.93. The summed E-state index contributed by atoms with van der Waals surface area (Å²) in [7, 11) is 1.54. The second-order valence-electron chi connectivity index (χ2n) is 7.18. The van der Waals surface area contributed by atoms with E-state index >= 15 is 0 Å². The van der Waals surface area contributed by atoms with Gasteiger partial charge in [0.2, 0.25) is 5.91 Å². The van der Waals surface area contributed by atoms with Gasteiger partial charge in [0.25, 0.3) is 0 Å². The fraction of sp³-hybridized carbons (Fsp3) is 0.417. The number of nitriles is 1. The van der Waals surface area contributed by atoms with Crippen LogP contribution in [0.1, 0.15) is 29.5 Å². The molecule has 6 nitrogen and oxygen atoms in total. The summed E-state index contributed by atoms with van der Waals surface area (Å²) in [5, 5.41) is 12.2. The first-order valence-corrected chi connectivity index (χ1v) is 10.3. The molecule has 0 spiro atoms. The number of nitrogens with zero attached hydrogens (tertiary/aromatic N) is 2. The maximum absolute atomic E-state index is 12.3. The predicted octanol–water partition coefficient (Wildman–Crippen LogP) is 3.29. The highest BCUT2D eigenvalue weighted by atomic mass is 16.5. The highest BCUT2D eigenvalue weighted by molar-refractivity contribution is 5.77. The van der Waals surface area contributed by atoms with Crippen LogP contribution in [-0.2, 0) is 16.1 Å². The van der Waals surface area contributed by atoms with Gasteiger partial charge in [-0.3, -0.25) is 4.79 Å². The standard InChI is InChI=1S/C24H31N3O3/c1-20-5-7-22(8-6-20)18-27(24(28)19-29-2)15-14-26-13-3-4-16-30-23-11-9-21(17-25)10-12-23/h5-12,26H,3-4,13-16,18-19H2,1-2H3. The quantitative estimate of drug-likeness (QED) is 0.514. The van der Waals surface area contributed by atoms with Gasteiger partial charge in [0, 0.05) is 26.7 Å². The molecule has 0 aliphatic heterocycles. The lowest BCUT2D eigenvalue weighted by molar-refractivity contribution is -0.135. The molecule has 0 bridgehead atoms. The van der Waals surface area contributed by atoms with Crippen molar-refractivity contribution in [3.05, 3.63) is 65.2 Å². The van der Waals surface area contributed by atoms with Crippen molar-refractivity contribution in [2.24, 2.45) is 0 Å². The van der Waals surface area contributed by atoms with E-state index in [1.54, 1.807) is 19.2 Å². The molecule has 6 heteroatoms. The number of hydrogen-bond donors (Lipinski definition) is 1. The number of carbonyl (C=O) groups excluding carboxylic acids is 1. The van der Waals surface area contributed by atoms with Crippen LogP contribution in [0.5, 0.6) is 5.75 Å². The molecule has 0 aromatic heterocycles. The van der Waals surface area contributed by atoms with E-state index in [1.807, 2.05) is 17.0 Å². The van der Waals surface area contributed by atoms with Crippen LogP contribution in [0.3, 0.4) is 0 Å². The molecule has 30 heavy (non-hydrogen) atoms. The Morgan fingerprint density at radius 2 is 1.80 bits per heavy atom. The molecule has 0 atom stereocenters. The van der Waals surface area contributed by atoms with E-state index in [9.17, 15) is 4.79 Å². The summed E-state index contributed by atoms with van der Waals surface area (Å²) in [6.07, 6.45) is 1.92. The number of benzene rings is 2. The van der Waals surface area contributed by atoms with Crippen molar-refractivity contribution in [2.45, 2.75) is 26.3 Å². The van der Waals surface area contributed by atoms with Crippen molar-refractivity contribution < 1.29 is 14.3 Å². The Kier molecular flexibility index (Phi) is 10.4. The van der Waals surface area contributed by atoms with Crippen LogP contribution >= 0.6 is 0 Å². The molecule has 0 heterocycles. The summed E-state index contributed by atoms with van der Waals surface area (Å²) in [6.45, 7) is 5.61. The molecule has 0 fully saturated rings. The Hall–Kier alpha value is -2.88. The minimum absolute atomic E-state index is 0.00399. The Morgan fingerprint density at radius 1 is 1.07 bits per heavy atom. The third kappa shape index (κ3) is 8.64. The molecule has 1 amide bonds. The van der Waals surface area contributed by atoms with E-state index in [0.29, 0.717) is 25.3 Å². The van der Waals surface area contributed by atoms with Crippen molar-refractivity contribution >= 4 is 5.91 Å². The largest absolute Gasteiger partial charge is 0.494 e. The van der Waals surface area contributed by atoms with Gasteiger partial charge in [0.15, 0.2) is 0 Å². The predicted molar refractivity (Wildman–Crippen MR) is 117 cm³/mol. The zero-order valence-corrected chi connectivity index (χ0v) is 17.9. The number of hydrogen-bond acceptors (Lipinski definition) is 5. The lowest BCUT2D eigenvalue weighted by atomic mass is 10.1. The molecule has 2 aromatic rings. The van der Waals surface area contributed by atoms with E-state index in [1.165, 1.54) is 5.56 Å². The second-order valence-corrected chi connectivity index (χ2v) is 7.18. The highest BCUT2D eigenvalue weighted by Gasteiger charge is 2.13. The van der Waals surface area contributed by atoms with Crippen molar-refractivity contribution in [3.63, 3.8) is 0 Å². The number of methoxy groups -OCH3 is 1. The number of aryl methyl sites for hydroxylation is 1. The number of amides is 1. The number of carbonyl (C=O) groups is 1. The summed E-state index contributed by atoms with van der Waals surface area (Å²) in [6, 6.07) is 17.5. The molecule has 0 aliphatic rings. The van der Waals surface area contributed by atoms with Gasteiger partial charge in [-0.15, -0.1) is 0 Å². The molecule has 0 radical (unpaired) electrons. The summed E-state index contributed by atoms with van der Waals surface area (Å²) < 4.78 is 10.7. The van der Waals surface area contributed by atoms with Crippen molar-refractivity contribution in [1.82, 2.24) is 10.2 Å². The molecule has 0 saturated heterocycles. The second kappa shape index (κ2) is 13.4. The van der Waals surface area contributed by atoms with E-state index in [4.69, 9.17) is 14.7 Å². The normalized spacial score (nSPS) is 10.4. The molecular weight excluding hydrogens is 378 g/mol. The smallest absolute Gasteiger partial charge is 0.248 e. The zero-order valence-electron chi connectivity index (χ0n) is 17.9. The maximum Gasteiger partial charge on any atom is 0.248 e. The van der Waals surface area contributed by atoms with Crippen LogP contribution in [0.2, 0.25) is 0 Å². The van der Waals surface area contributed by atoms with E-state index in [-0.39, 0.29) is 12.5 Å². The Morgan fingerprint density at radius 3 is 2.47 bits per heavy atom. The van der Waals surface area contributed by atoms with Crippen LogP contribution in [0.15, 0.2) is 48.5 Å². The minimum Gasteiger partial charge on any atom is -0.494 e. The van der Waals surface area contributed by atoms with Crippen LogP contribution in [0.25, 0.3) is 0 Å². The molecule has 0 aliphatic carbocycles. The topological polar surface area (TPSA) is 74.6 Å². The van der Waals surface area contributed by atoms with E-state index in [0.717, 1.165) is 37.2 Å². The van der Waals surface area contributed by atoms with Crippen LogP contribution in [-0.4, -0.2) is 50.8 Å². The van der Waals surface area contributed by atoms with E-state index in [2.05, 4.69) is 42.6 Å². The first kappa shape index (κ1) is 23.4. The van der Waals surface area contributed by atoms with Crippen LogP contribution < -0.4 is 10.1 Å². The average molecular weight is 410 g/mol. The van der Waals surface area contributed by atoms with Crippen molar-refractivity contribution in [1.29, 1.82) is 5.26 Å². The van der Waals surface area contributed by atoms with Crippen LogP contribution in [0, 0.1) is 18.3 Å². The third-order valence-corrected chi connectivity index (χ3v) is 4.67. The number of rotatable bonds is 13. The summed E-state index contributed by atoms with van der Waals surface area (Å²) in [5.74, 6) is 0.779. The van der Waals surface area contributed by atoms with Gasteiger partial charge in [-0.1, -0.05) is 29.8 Å². The molecule has 0 saturated carbocycles. The molecule has 2 aromatic carbocycles. The minimum atomic E-state index is -0.00399. The Balaban J connectivity index is 1.63. The maximum atomic E-state index is 12.3. The first-order chi connectivity index (χ1) is 14.6. The van der Waals surface area contributed by atoms with Gasteiger partial charge in [0.1, 0.15) is 12.4 Å². The van der Waals surface area contributed by atoms with Gasteiger partial charge in [-0.05, 0) is 56.1 Å². The lowest BCUT2D eigenvalue weighted by Crippen LogP contribution is -2.38. The Bertz CT molecular complexity index is 798. The molecule has 2 rings (SSSR count). The molecular formula is C24H31N3O3. The summed E-state index contributed by atoms with van der Waals surface area (Å²) >= 11 is 0. The third-order valence-electron chi connectivity index (χ3n) is 4.67. The van der Waals surface area contributed by atoms with Gasteiger partial charge in [-0.25, -0.2) is 0 Å². The number of nitrogens with one attached hydrogen (secondary N) is 1. The van der Waals surface area contributed by atoms with E-state index < -0.39 is 0 Å². The first-order valence-electron chi connectivity index (χ1n) is 10.3. The van der Waals surface area contributed by atoms with Gasteiger partial charge in [0.05, 0.1) is 18.2 Å². The molecule has 1 N–H and O–H groups in total. The van der Waals surface area contributed by atoms with Gasteiger partial charge < -0.3 is 19.7 Å². The highest BCUT2D eigenvalue weighted by Crippen LogP contribution is 2.12. The zero-order chi connectivity index (χ0) is 21.6. The van der Waals surface area contributed by atoms with Gasteiger partial charge >= 0.3 is 0 Å². The average Bonchev–Trinajstić information content (AvgIpc) is 2.76. The summed E-state index contributed by atoms with van der Waals surface area (Å²) in [5.41, 5.74) is 2.95. The Labute approximate surface area is 179 Å². The van der Waals surface area contributed by atoms with Gasteiger partial charge in [-0.2, -0.15) is 5.26 Å². The lowest BCUT2D eigenvalue weighted by Gasteiger charge is -2.23. The summed E-state index contributed by atoms with van der Waals surface area (Å²) in [4.78, 5) is 14.2. The van der Waals surface area contributed by atoms with Crippen LogP contribution in [0.4, 0.5) is 0 Å².